The van der Waals surface area contributed by atoms with Gasteiger partial charge in [-0.05, 0) is 49.3 Å². The summed E-state index contributed by atoms with van der Waals surface area (Å²) in [6.07, 6.45) is 8.28. The zero-order valence-electron chi connectivity index (χ0n) is 17.3. The Morgan fingerprint density at radius 3 is 2.55 bits per heavy atom. The molecule has 0 bridgehead atoms. The smallest absolute Gasteiger partial charge is 0.263 e. The van der Waals surface area contributed by atoms with E-state index < -0.39 is 11.9 Å². The number of aliphatic hydroxyl groups excluding tert-OH is 1. The Labute approximate surface area is 172 Å². The first-order valence-corrected chi connectivity index (χ1v) is 10.9. The summed E-state index contributed by atoms with van der Waals surface area (Å²) in [5.74, 6) is -0.409. The minimum Gasteiger partial charge on any atom is -0.394 e. The van der Waals surface area contributed by atoms with E-state index in [1.54, 1.807) is 6.07 Å². The van der Waals surface area contributed by atoms with E-state index in [9.17, 15) is 14.7 Å². The topological polar surface area (TPSA) is 71.3 Å². The number of aromatic nitrogens is 1. The number of hydrogen-bond donors (Lipinski definition) is 2. The molecule has 0 spiro atoms. The maximum absolute atomic E-state index is 13.2. The first-order chi connectivity index (χ1) is 14.2. The summed E-state index contributed by atoms with van der Waals surface area (Å²) in [6, 6.07) is 10.6. The van der Waals surface area contributed by atoms with Gasteiger partial charge in [0.2, 0.25) is 0 Å². The molecule has 0 unspecified atom stereocenters. The molecule has 0 saturated heterocycles. The van der Waals surface area contributed by atoms with Crippen LogP contribution in [0, 0.1) is 0 Å². The minimum atomic E-state index is -0.533. The zero-order chi connectivity index (χ0) is 20.6. The molecule has 5 heteroatoms. The van der Waals surface area contributed by atoms with E-state index in [2.05, 4.69) is 12.2 Å². The molecule has 29 heavy (non-hydrogen) atoms. The molecule has 1 aliphatic carbocycles. The Kier molecular flexibility index (Phi) is 7.64. The Bertz CT molecular complexity index is 874. The van der Waals surface area contributed by atoms with E-state index in [0.717, 1.165) is 55.3 Å². The van der Waals surface area contributed by atoms with Crippen LogP contribution in [-0.2, 0) is 19.4 Å². The number of hydrogen-bond acceptors (Lipinski definition) is 3. The fourth-order valence-electron chi connectivity index (χ4n) is 4.11. The predicted molar refractivity (Wildman–Crippen MR) is 115 cm³/mol. The van der Waals surface area contributed by atoms with Crippen molar-refractivity contribution in [2.75, 3.05) is 6.61 Å². The van der Waals surface area contributed by atoms with Gasteiger partial charge in [0, 0.05) is 12.2 Å². The van der Waals surface area contributed by atoms with Gasteiger partial charge in [0.15, 0.2) is 0 Å². The van der Waals surface area contributed by atoms with Crippen molar-refractivity contribution < 1.29 is 9.90 Å². The lowest BCUT2D eigenvalue weighted by Gasteiger charge is -2.22. The van der Waals surface area contributed by atoms with Crippen LogP contribution in [-0.4, -0.2) is 22.2 Å². The molecule has 1 heterocycles. The van der Waals surface area contributed by atoms with Crippen LogP contribution in [0.2, 0.25) is 0 Å². The van der Waals surface area contributed by atoms with Crippen molar-refractivity contribution >= 4 is 5.91 Å². The SMILES string of the molecule is CCCCn1c2c(cc(C(=O)N[C@@H](CO)c3ccccc3)c1=O)CCCCCC2. The van der Waals surface area contributed by atoms with Gasteiger partial charge in [0.1, 0.15) is 5.56 Å². The number of pyridine rings is 1. The van der Waals surface area contributed by atoms with Gasteiger partial charge in [-0.2, -0.15) is 0 Å². The number of benzene rings is 1. The third-order valence-corrected chi connectivity index (χ3v) is 5.77. The second-order valence-corrected chi connectivity index (χ2v) is 7.87. The number of nitrogens with zero attached hydrogens (tertiary/aromatic N) is 1. The maximum atomic E-state index is 13.2. The number of aliphatic hydroxyl groups is 1. The third-order valence-electron chi connectivity index (χ3n) is 5.77. The third kappa shape index (κ3) is 5.15. The Balaban J connectivity index is 1.96. The van der Waals surface area contributed by atoms with Crippen LogP contribution in [0.25, 0.3) is 0 Å². The molecule has 0 aliphatic heterocycles. The normalized spacial score (nSPS) is 15.1. The fraction of sp³-hybridized carbons (Fsp3) is 0.500. The van der Waals surface area contributed by atoms with E-state index in [1.165, 1.54) is 12.8 Å². The molecule has 1 aromatic carbocycles. The summed E-state index contributed by atoms with van der Waals surface area (Å²) in [7, 11) is 0. The van der Waals surface area contributed by atoms with Crippen molar-refractivity contribution in [3.05, 3.63) is 69.1 Å². The van der Waals surface area contributed by atoms with Crippen molar-refractivity contribution in [2.24, 2.45) is 0 Å². The molecular formula is C24H32N2O3. The van der Waals surface area contributed by atoms with Crippen LogP contribution in [0.1, 0.15) is 78.7 Å². The van der Waals surface area contributed by atoms with Gasteiger partial charge in [-0.25, -0.2) is 0 Å². The van der Waals surface area contributed by atoms with E-state index in [0.29, 0.717) is 6.54 Å². The maximum Gasteiger partial charge on any atom is 0.263 e. The summed E-state index contributed by atoms with van der Waals surface area (Å²) in [6.45, 7) is 2.54. The molecule has 5 nitrogen and oxygen atoms in total. The van der Waals surface area contributed by atoms with Crippen LogP contribution in [0.3, 0.4) is 0 Å². The summed E-state index contributed by atoms with van der Waals surface area (Å²) >= 11 is 0. The summed E-state index contributed by atoms with van der Waals surface area (Å²) < 4.78 is 1.84. The highest BCUT2D eigenvalue weighted by atomic mass is 16.3. The van der Waals surface area contributed by atoms with Gasteiger partial charge in [0.05, 0.1) is 12.6 Å². The van der Waals surface area contributed by atoms with Crippen LogP contribution in [0.5, 0.6) is 0 Å². The van der Waals surface area contributed by atoms with Gasteiger partial charge in [-0.1, -0.05) is 56.5 Å². The number of nitrogens with one attached hydrogen (secondary N) is 1. The van der Waals surface area contributed by atoms with E-state index in [4.69, 9.17) is 0 Å². The predicted octanol–water partition coefficient (Wildman–Crippen LogP) is 3.77. The molecule has 0 saturated carbocycles. The van der Waals surface area contributed by atoms with Crippen molar-refractivity contribution in [3.8, 4) is 0 Å². The van der Waals surface area contributed by atoms with Crippen molar-refractivity contribution in [3.63, 3.8) is 0 Å². The fourth-order valence-corrected chi connectivity index (χ4v) is 4.11. The lowest BCUT2D eigenvalue weighted by molar-refractivity contribution is 0.0913. The first kappa shape index (κ1) is 21.3. The number of amides is 1. The number of carbonyl (C=O) groups is 1. The summed E-state index contributed by atoms with van der Waals surface area (Å²) in [5, 5.41) is 12.6. The van der Waals surface area contributed by atoms with Crippen LogP contribution < -0.4 is 10.9 Å². The standard InChI is InChI=1S/C24H32N2O3/c1-2-3-15-26-22-14-10-5-4-7-13-19(22)16-20(24(26)29)23(28)25-21(17-27)18-11-8-6-9-12-18/h6,8-9,11-12,16,21,27H,2-5,7,10,13-15,17H2,1H3,(H,25,28)/t21-/m0/s1. The molecular weight excluding hydrogens is 364 g/mol. The van der Waals surface area contributed by atoms with Crippen LogP contribution in [0.15, 0.2) is 41.2 Å². The number of unbranched alkanes of at least 4 members (excludes halogenated alkanes) is 1. The molecule has 0 radical (unpaired) electrons. The van der Waals surface area contributed by atoms with Gasteiger partial charge in [-0.3, -0.25) is 9.59 Å². The number of aryl methyl sites for hydroxylation is 1. The largest absolute Gasteiger partial charge is 0.394 e. The van der Waals surface area contributed by atoms with Crippen molar-refractivity contribution in [1.82, 2.24) is 9.88 Å². The highest BCUT2D eigenvalue weighted by molar-refractivity contribution is 5.94. The lowest BCUT2D eigenvalue weighted by atomic mass is 9.95. The Morgan fingerprint density at radius 2 is 1.86 bits per heavy atom. The van der Waals surface area contributed by atoms with Crippen molar-refractivity contribution in [2.45, 2.75) is 70.9 Å². The second kappa shape index (κ2) is 10.4. The molecule has 0 fully saturated rings. The average molecular weight is 397 g/mol. The molecule has 1 amide bonds. The highest BCUT2D eigenvalue weighted by Gasteiger charge is 2.22. The Hall–Kier alpha value is -2.40. The number of carbonyl (C=O) groups excluding carboxylic acids is 1. The van der Waals surface area contributed by atoms with Gasteiger partial charge in [0.25, 0.3) is 11.5 Å². The number of fused-ring (bicyclic) bond motifs is 1. The quantitative estimate of drug-likeness (QED) is 0.748. The summed E-state index contributed by atoms with van der Waals surface area (Å²) in [4.78, 5) is 26.3. The van der Waals surface area contributed by atoms with E-state index >= 15 is 0 Å². The molecule has 2 aromatic rings. The first-order valence-electron chi connectivity index (χ1n) is 10.9. The molecule has 2 N–H and O–H groups in total. The molecule has 156 valence electrons. The van der Waals surface area contributed by atoms with Gasteiger partial charge < -0.3 is 15.0 Å². The molecule has 1 aliphatic rings. The van der Waals surface area contributed by atoms with E-state index in [1.807, 2.05) is 34.9 Å². The van der Waals surface area contributed by atoms with Gasteiger partial charge in [-0.15, -0.1) is 0 Å². The van der Waals surface area contributed by atoms with Crippen LogP contribution in [0.4, 0.5) is 0 Å². The average Bonchev–Trinajstić information content (AvgIpc) is 2.72. The Morgan fingerprint density at radius 1 is 1.14 bits per heavy atom. The van der Waals surface area contributed by atoms with Crippen molar-refractivity contribution in [1.29, 1.82) is 0 Å². The molecule has 3 rings (SSSR count). The van der Waals surface area contributed by atoms with E-state index in [-0.39, 0.29) is 17.7 Å². The van der Waals surface area contributed by atoms with Gasteiger partial charge >= 0.3 is 0 Å². The lowest BCUT2D eigenvalue weighted by Crippen LogP contribution is -2.38. The second-order valence-electron chi connectivity index (χ2n) is 7.87. The summed E-state index contributed by atoms with van der Waals surface area (Å²) in [5.41, 5.74) is 3.04. The molecule has 1 aromatic heterocycles. The highest BCUT2D eigenvalue weighted by Crippen LogP contribution is 2.21. The number of rotatable bonds is 7. The minimum absolute atomic E-state index is 0.190. The monoisotopic (exact) mass is 396 g/mol. The molecule has 1 atom stereocenters. The zero-order valence-corrected chi connectivity index (χ0v) is 17.3. The van der Waals surface area contributed by atoms with Crippen LogP contribution >= 0.6 is 0 Å².